The average Bonchev–Trinajstić information content (AvgIpc) is 2.95. The number of nitrogens with zero attached hydrogens (tertiary/aromatic N) is 2. The molecule has 3 rings (SSSR count). The fourth-order valence-electron chi connectivity index (χ4n) is 2.96. The van der Waals surface area contributed by atoms with Gasteiger partial charge in [-0.25, -0.2) is 0 Å². The summed E-state index contributed by atoms with van der Waals surface area (Å²) in [6, 6.07) is 5.33. The van der Waals surface area contributed by atoms with Gasteiger partial charge in [0.05, 0.1) is 16.4 Å². The first kappa shape index (κ1) is 13.8. The maximum Gasteiger partial charge on any atom is 0.277 e. The number of non-ortho nitro benzene ring substituents is 1. The second-order valence-electron chi connectivity index (χ2n) is 5.32. The highest BCUT2D eigenvalue weighted by atomic mass is 16.6. The number of nitro benzene ring substituents is 1. The van der Waals surface area contributed by atoms with Gasteiger partial charge < -0.3 is 10.1 Å². The van der Waals surface area contributed by atoms with Gasteiger partial charge in [-0.15, -0.1) is 0 Å². The molecule has 6 nitrogen and oxygen atoms in total. The number of rotatable bonds is 4. The van der Waals surface area contributed by atoms with Gasteiger partial charge >= 0.3 is 0 Å². The van der Waals surface area contributed by atoms with Crippen LogP contribution in [0.5, 0.6) is 0 Å². The van der Waals surface area contributed by atoms with Crippen LogP contribution < -0.4 is 5.32 Å². The molecule has 0 aliphatic heterocycles. The molecule has 110 valence electrons. The fourth-order valence-corrected chi connectivity index (χ4v) is 2.96. The molecule has 21 heavy (non-hydrogen) atoms. The van der Waals surface area contributed by atoms with Crippen LogP contribution in [-0.4, -0.2) is 29.2 Å². The molecule has 0 radical (unpaired) electrons. The summed E-state index contributed by atoms with van der Waals surface area (Å²) in [5, 5.41) is 16.0. The Morgan fingerprint density at radius 3 is 2.90 bits per heavy atom. The lowest BCUT2D eigenvalue weighted by Crippen LogP contribution is -2.17. The third-order valence-corrected chi connectivity index (χ3v) is 4.07. The Labute approximate surface area is 122 Å². The predicted octanol–water partition coefficient (Wildman–Crippen LogP) is 3.12. The van der Waals surface area contributed by atoms with Crippen LogP contribution in [0.15, 0.2) is 30.6 Å². The molecule has 0 saturated heterocycles. The summed E-state index contributed by atoms with van der Waals surface area (Å²) in [7, 11) is 1.73. The van der Waals surface area contributed by atoms with Crippen LogP contribution in [0.2, 0.25) is 0 Å². The van der Waals surface area contributed by atoms with Crippen molar-refractivity contribution in [3.63, 3.8) is 0 Å². The normalized spacial score (nSPS) is 21.6. The van der Waals surface area contributed by atoms with Crippen molar-refractivity contribution in [2.75, 3.05) is 12.4 Å². The summed E-state index contributed by atoms with van der Waals surface area (Å²) >= 11 is 0. The van der Waals surface area contributed by atoms with E-state index in [0.717, 1.165) is 30.3 Å². The van der Waals surface area contributed by atoms with E-state index in [0.29, 0.717) is 17.5 Å². The number of ether oxygens (including phenoxy) is 1. The molecule has 2 atom stereocenters. The van der Waals surface area contributed by atoms with Gasteiger partial charge in [-0.05, 0) is 31.4 Å². The molecule has 2 aromatic rings. The molecule has 1 saturated carbocycles. The first-order chi connectivity index (χ1) is 10.2. The number of nitro groups is 1. The quantitative estimate of drug-likeness (QED) is 0.690. The number of hydrogen-bond donors (Lipinski definition) is 1. The SMILES string of the molecule is COC1CCC(Nc2ccc([N+](=O)[O-])c3ccncc23)C1. The molecule has 1 N–H and O–H groups in total. The monoisotopic (exact) mass is 287 g/mol. The number of fused-ring (bicyclic) bond motifs is 1. The predicted molar refractivity (Wildman–Crippen MR) is 80.5 cm³/mol. The molecule has 0 amide bonds. The summed E-state index contributed by atoms with van der Waals surface area (Å²) in [4.78, 5) is 14.8. The van der Waals surface area contributed by atoms with Crippen molar-refractivity contribution in [1.29, 1.82) is 0 Å². The zero-order valence-electron chi connectivity index (χ0n) is 11.8. The molecule has 0 bridgehead atoms. The van der Waals surface area contributed by atoms with Crippen LogP contribution in [0.4, 0.5) is 11.4 Å². The average molecular weight is 287 g/mol. The van der Waals surface area contributed by atoms with E-state index in [-0.39, 0.29) is 10.6 Å². The molecule has 6 heteroatoms. The molecular formula is C15H17N3O3. The van der Waals surface area contributed by atoms with Crippen LogP contribution in [0.25, 0.3) is 10.8 Å². The number of hydrogen-bond acceptors (Lipinski definition) is 5. The Morgan fingerprint density at radius 1 is 1.33 bits per heavy atom. The largest absolute Gasteiger partial charge is 0.382 e. The Morgan fingerprint density at radius 2 is 2.19 bits per heavy atom. The van der Waals surface area contributed by atoms with Crippen molar-refractivity contribution >= 4 is 22.1 Å². The van der Waals surface area contributed by atoms with Gasteiger partial charge in [0, 0.05) is 42.7 Å². The maximum absolute atomic E-state index is 11.1. The first-order valence-electron chi connectivity index (χ1n) is 6.99. The van der Waals surface area contributed by atoms with Crippen LogP contribution in [0, 0.1) is 10.1 Å². The van der Waals surface area contributed by atoms with Gasteiger partial charge in [0.2, 0.25) is 0 Å². The number of pyridine rings is 1. The molecule has 1 aromatic heterocycles. The van der Waals surface area contributed by atoms with Gasteiger partial charge in [-0.1, -0.05) is 0 Å². The molecule has 1 aromatic carbocycles. The smallest absolute Gasteiger partial charge is 0.277 e. The highest BCUT2D eigenvalue weighted by Crippen LogP contribution is 2.33. The number of aromatic nitrogens is 1. The zero-order chi connectivity index (χ0) is 14.8. The summed E-state index contributed by atoms with van der Waals surface area (Å²) in [5.74, 6) is 0. The molecule has 1 aliphatic carbocycles. The van der Waals surface area contributed by atoms with Gasteiger partial charge in [-0.3, -0.25) is 15.1 Å². The number of methoxy groups -OCH3 is 1. The summed E-state index contributed by atoms with van der Waals surface area (Å²) < 4.78 is 5.38. The van der Waals surface area contributed by atoms with Crippen molar-refractivity contribution in [3.8, 4) is 0 Å². The molecule has 1 fully saturated rings. The minimum atomic E-state index is -0.358. The summed E-state index contributed by atoms with van der Waals surface area (Å²) in [6.45, 7) is 0. The third-order valence-electron chi connectivity index (χ3n) is 4.07. The zero-order valence-corrected chi connectivity index (χ0v) is 11.8. The summed E-state index contributed by atoms with van der Waals surface area (Å²) in [5.41, 5.74) is 1.00. The van der Waals surface area contributed by atoms with E-state index in [1.165, 1.54) is 0 Å². The lowest BCUT2D eigenvalue weighted by atomic mass is 10.1. The van der Waals surface area contributed by atoms with E-state index < -0.39 is 0 Å². The van der Waals surface area contributed by atoms with Gasteiger partial charge in [0.15, 0.2) is 0 Å². The van der Waals surface area contributed by atoms with E-state index >= 15 is 0 Å². The molecule has 0 spiro atoms. The topological polar surface area (TPSA) is 77.3 Å². The van der Waals surface area contributed by atoms with Crippen molar-refractivity contribution < 1.29 is 9.66 Å². The summed E-state index contributed by atoms with van der Waals surface area (Å²) in [6.07, 6.45) is 6.58. The number of benzene rings is 1. The Kier molecular flexibility index (Phi) is 3.70. The molecule has 1 heterocycles. The second-order valence-corrected chi connectivity index (χ2v) is 5.32. The lowest BCUT2D eigenvalue weighted by Gasteiger charge is -2.16. The Bertz CT molecular complexity index is 674. The number of anilines is 1. The van der Waals surface area contributed by atoms with Crippen LogP contribution in [0.1, 0.15) is 19.3 Å². The third kappa shape index (κ3) is 2.67. The Balaban J connectivity index is 1.93. The van der Waals surface area contributed by atoms with E-state index in [9.17, 15) is 10.1 Å². The Hall–Kier alpha value is -2.21. The van der Waals surface area contributed by atoms with Crippen LogP contribution in [0.3, 0.4) is 0 Å². The van der Waals surface area contributed by atoms with Crippen molar-refractivity contribution in [2.45, 2.75) is 31.4 Å². The molecular weight excluding hydrogens is 270 g/mol. The van der Waals surface area contributed by atoms with E-state index in [1.54, 1.807) is 37.7 Å². The highest BCUT2D eigenvalue weighted by molar-refractivity contribution is 5.99. The van der Waals surface area contributed by atoms with Gasteiger partial charge in [0.25, 0.3) is 5.69 Å². The maximum atomic E-state index is 11.1. The molecule has 1 aliphatic rings. The lowest BCUT2D eigenvalue weighted by molar-refractivity contribution is -0.383. The van der Waals surface area contributed by atoms with Crippen molar-refractivity contribution in [2.24, 2.45) is 0 Å². The van der Waals surface area contributed by atoms with E-state index in [4.69, 9.17) is 4.74 Å². The van der Waals surface area contributed by atoms with Crippen LogP contribution in [-0.2, 0) is 4.74 Å². The van der Waals surface area contributed by atoms with Crippen LogP contribution >= 0.6 is 0 Å². The minimum Gasteiger partial charge on any atom is -0.382 e. The number of nitrogens with one attached hydrogen (secondary N) is 1. The van der Waals surface area contributed by atoms with Crippen molar-refractivity contribution in [3.05, 3.63) is 40.7 Å². The van der Waals surface area contributed by atoms with E-state index in [2.05, 4.69) is 10.3 Å². The minimum absolute atomic E-state index is 0.110. The highest BCUT2D eigenvalue weighted by Gasteiger charge is 2.25. The van der Waals surface area contributed by atoms with Gasteiger partial charge in [-0.2, -0.15) is 0 Å². The first-order valence-corrected chi connectivity index (χ1v) is 6.99. The fraction of sp³-hybridized carbons (Fsp3) is 0.400. The second kappa shape index (κ2) is 5.65. The van der Waals surface area contributed by atoms with Crippen molar-refractivity contribution in [1.82, 2.24) is 4.98 Å². The molecule has 2 unspecified atom stereocenters. The van der Waals surface area contributed by atoms with E-state index in [1.807, 2.05) is 0 Å². The van der Waals surface area contributed by atoms with Gasteiger partial charge in [0.1, 0.15) is 0 Å². The standard InChI is InChI=1S/C15H17N3O3/c1-21-11-3-2-10(8-11)17-14-4-5-15(18(19)20)12-6-7-16-9-13(12)14/h4-7,9-11,17H,2-3,8H2,1H3.